The fourth-order valence-electron chi connectivity index (χ4n) is 0.282. The van der Waals surface area contributed by atoms with Gasteiger partial charge in [0.2, 0.25) is 0 Å². The number of nitrogens with two attached hydrogens (primary N) is 1. The van der Waals surface area contributed by atoms with Gasteiger partial charge in [-0.2, -0.15) is 0 Å². The minimum atomic E-state index is 0.0903. The fraction of sp³-hybridized carbons (Fsp3) is 0.600. The smallest absolute Gasteiger partial charge is 0.0658 e. The lowest BCUT2D eigenvalue weighted by Crippen LogP contribution is -1.91. The van der Waals surface area contributed by atoms with Crippen LogP contribution in [0.25, 0.3) is 0 Å². The van der Waals surface area contributed by atoms with E-state index in [4.69, 9.17) is 10.8 Å². The minimum absolute atomic E-state index is 0.0903. The van der Waals surface area contributed by atoms with Crippen molar-refractivity contribution >= 4 is 0 Å². The summed E-state index contributed by atoms with van der Waals surface area (Å²) in [6.45, 7) is 2.04. The molecule has 0 bridgehead atoms. The molecule has 3 N–H and O–H groups in total. The van der Waals surface area contributed by atoms with Crippen LogP contribution in [0.15, 0.2) is 11.8 Å². The first-order valence-electron chi connectivity index (χ1n) is 2.35. The van der Waals surface area contributed by atoms with E-state index >= 15 is 0 Å². The maximum absolute atomic E-state index is 8.38. The normalized spacial score (nSPS) is 12.0. The molecular formula is C5H11NO. The van der Waals surface area contributed by atoms with Crippen molar-refractivity contribution in [3.8, 4) is 0 Å². The van der Waals surface area contributed by atoms with Gasteiger partial charge in [-0.15, -0.1) is 0 Å². The van der Waals surface area contributed by atoms with Gasteiger partial charge in [-0.1, -0.05) is 6.92 Å². The van der Waals surface area contributed by atoms with Crippen molar-refractivity contribution in [3.63, 3.8) is 0 Å². The first-order chi connectivity index (χ1) is 3.35. The second-order valence-electron chi connectivity index (χ2n) is 1.34. The van der Waals surface area contributed by atoms with Gasteiger partial charge in [0.05, 0.1) is 6.61 Å². The second-order valence-corrected chi connectivity index (χ2v) is 1.34. The quantitative estimate of drug-likeness (QED) is 0.523. The van der Waals surface area contributed by atoms with E-state index in [1.807, 2.05) is 6.92 Å². The van der Waals surface area contributed by atoms with Gasteiger partial charge in [0.25, 0.3) is 0 Å². The Morgan fingerprint density at radius 2 is 2.43 bits per heavy atom. The van der Waals surface area contributed by atoms with Crippen LogP contribution in [-0.2, 0) is 0 Å². The summed E-state index contributed by atoms with van der Waals surface area (Å²) >= 11 is 0. The van der Waals surface area contributed by atoms with Crippen LogP contribution < -0.4 is 5.73 Å². The van der Waals surface area contributed by atoms with E-state index in [1.165, 1.54) is 6.20 Å². The summed E-state index contributed by atoms with van der Waals surface area (Å²) in [4.78, 5) is 0. The molecule has 0 fully saturated rings. The molecule has 0 radical (unpaired) electrons. The van der Waals surface area contributed by atoms with Crippen molar-refractivity contribution in [2.24, 2.45) is 5.73 Å². The van der Waals surface area contributed by atoms with Gasteiger partial charge < -0.3 is 10.8 Å². The molecule has 0 aromatic heterocycles. The van der Waals surface area contributed by atoms with Crippen LogP contribution in [0.3, 0.4) is 0 Å². The van der Waals surface area contributed by atoms with Crippen molar-refractivity contribution in [1.82, 2.24) is 0 Å². The zero-order chi connectivity index (χ0) is 5.70. The lowest BCUT2D eigenvalue weighted by Gasteiger charge is -1.92. The Balaban J connectivity index is 3.38. The molecule has 0 atom stereocenters. The van der Waals surface area contributed by atoms with Crippen LogP contribution in [0, 0.1) is 0 Å². The highest BCUT2D eigenvalue weighted by Gasteiger charge is 1.84. The van der Waals surface area contributed by atoms with Gasteiger partial charge in [0.15, 0.2) is 0 Å². The zero-order valence-corrected chi connectivity index (χ0v) is 4.52. The summed E-state index contributed by atoms with van der Waals surface area (Å²) in [6, 6.07) is 0. The summed E-state index contributed by atoms with van der Waals surface area (Å²) in [7, 11) is 0. The van der Waals surface area contributed by atoms with E-state index in [-0.39, 0.29) is 6.61 Å². The second kappa shape index (κ2) is 3.68. The molecule has 0 heterocycles. The third kappa shape index (κ3) is 2.23. The maximum atomic E-state index is 8.38. The SMILES string of the molecule is CC/C(=C\N)CO. The summed E-state index contributed by atoms with van der Waals surface area (Å²) in [5.41, 5.74) is 5.96. The largest absolute Gasteiger partial charge is 0.405 e. The average molecular weight is 101 g/mol. The average Bonchev–Trinajstić information content (AvgIpc) is 1.72. The van der Waals surface area contributed by atoms with Crippen molar-refractivity contribution in [2.45, 2.75) is 13.3 Å². The molecule has 0 rings (SSSR count). The van der Waals surface area contributed by atoms with Crippen LogP contribution >= 0.6 is 0 Å². The molecular weight excluding hydrogens is 90.1 g/mol. The topological polar surface area (TPSA) is 46.2 Å². The molecule has 2 nitrogen and oxygen atoms in total. The number of aliphatic hydroxyl groups is 1. The van der Waals surface area contributed by atoms with Crippen molar-refractivity contribution in [2.75, 3.05) is 6.61 Å². The van der Waals surface area contributed by atoms with E-state index in [2.05, 4.69) is 0 Å². The van der Waals surface area contributed by atoms with E-state index < -0.39 is 0 Å². The molecule has 0 saturated carbocycles. The molecule has 0 aromatic carbocycles. The standard InChI is InChI=1S/C5H11NO/c1-2-5(3-6)4-7/h3,7H,2,4,6H2,1H3/b5-3+. The van der Waals surface area contributed by atoms with Crippen LogP contribution in [0.5, 0.6) is 0 Å². The molecule has 0 aliphatic heterocycles. The molecule has 0 aliphatic carbocycles. The molecule has 0 unspecified atom stereocenters. The van der Waals surface area contributed by atoms with Crippen LogP contribution in [-0.4, -0.2) is 11.7 Å². The lowest BCUT2D eigenvalue weighted by atomic mass is 10.2. The molecule has 2 heteroatoms. The lowest BCUT2D eigenvalue weighted by molar-refractivity contribution is 0.327. The van der Waals surface area contributed by atoms with E-state index in [0.29, 0.717) is 0 Å². The van der Waals surface area contributed by atoms with Gasteiger partial charge in [-0.25, -0.2) is 0 Å². The van der Waals surface area contributed by atoms with Crippen LogP contribution in [0.4, 0.5) is 0 Å². The molecule has 0 aliphatic rings. The van der Waals surface area contributed by atoms with E-state index in [0.717, 1.165) is 12.0 Å². The summed E-state index contributed by atoms with van der Waals surface area (Å²) < 4.78 is 0. The molecule has 0 saturated heterocycles. The van der Waals surface area contributed by atoms with Crippen molar-refractivity contribution < 1.29 is 5.11 Å². The number of hydrogen-bond donors (Lipinski definition) is 2. The zero-order valence-electron chi connectivity index (χ0n) is 4.52. The van der Waals surface area contributed by atoms with Gasteiger partial charge in [-0.3, -0.25) is 0 Å². The first-order valence-corrected chi connectivity index (χ1v) is 2.35. The van der Waals surface area contributed by atoms with Crippen molar-refractivity contribution in [3.05, 3.63) is 11.8 Å². The fourth-order valence-corrected chi connectivity index (χ4v) is 0.282. The Morgan fingerprint density at radius 1 is 1.86 bits per heavy atom. The molecule has 0 amide bonds. The molecule has 0 spiro atoms. The summed E-state index contributed by atoms with van der Waals surface area (Å²) in [5, 5.41) is 8.38. The van der Waals surface area contributed by atoms with Gasteiger partial charge in [-0.05, 0) is 18.2 Å². The van der Waals surface area contributed by atoms with Crippen LogP contribution in [0.1, 0.15) is 13.3 Å². The number of aliphatic hydroxyl groups excluding tert-OH is 1. The highest BCUT2D eigenvalue weighted by Crippen LogP contribution is 1.93. The Labute approximate surface area is 43.6 Å². The maximum Gasteiger partial charge on any atom is 0.0658 e. The van der Waals surface area contributed by atoms with E-state index in [9.17, 15) is 0 Å². The van der Waals surface area contributed by atoms with Gasteiger partial charge >= 0.3 is 0 Å². The number of rotatable bonds is 2. The van der Waals surface area contributed by atoms with Gasteiger partial charge in [0.1, 0.15) is 0 Å². The van der Waals surface area contributed by atoms with Crippen LogP contribution in [0.2, 0.25) is 0 Å². The van der Waals surface area contributed by atoms with Crippen molar-refractivity contribution in [1.29, 1.82) is 0 Å². The monoisotopic (exact) mass is 101 g/mol. The van der Waals surface area contributed by atoms with Gasteiger partial charge in [0, 0.05) is 0 Å². The minimum Gasteiger partial charge on any atom is -0.405 e. The highest BCUT2D eigenvalue weighted by molar-refractivity contribution is 4.97. The predicted octanol–water partition coefficient (Wildman–Crippen LogP) is 0.231. The highest BCUT2D eigenvalue weighted by atomic mass is 16.3. The number of hydrogen-bond acceptors (Lipinski definition) is 2. The molecule has 7 heavy (non-hydrogen) atoms. The third-order valence-corrected chi connectivity index (χ3v) is 0.893. The summed E-state index contributed by atoms with van der Waals surface area (Å²) in [5.74, 6) is 0. The van der Waals surface area contributed by atoms with E-state index in [1.54, 1.807) is 0 Å². The molecule has 0 aromatic rings. The Morgan fingerprint density at radius 3 is 2.43 bits per heavy atom. The Bertz CT molecular complexity index is 62.5. The first kappa shape index (κ1) is 6.50. The molecule has 42 valence electrons. The Hall–Kier alpha value is -0.500. The summed E-state index contributed by atoms with van der Waals surface area (Å²) in [6.07, 6.45) is 2.28. The Kier molecular flexibility index (Phi) is 3.42. The third-order valence-electron chi connectivity index (χ3n) is 0.893. The predicted molar refractivity (Wildman–Crippen MR) is 29.6 cm³/mol.